The topological polar surface area (TPSA) is 183 Å². The number of rotatable bonds is 33. The molecule has 0 saturated heterocycles. The van der Waals surface area contributed by atoms with Gasteiger partial charge in [0.25, 0.3) is 0 Å². The molecule has 2 aliphatic rings. The van der Waals surface area contributed by atoms with Gasteiger partial charge in [0.2, 0.25) is 0 Å². The van der Waals surface area contributed by atoms with E-state index in [0.717, 1.165) is 145 Å². The van der Waals surface area contributed by atoms with Crippen LogP contribution in [0.2, 0.25) is 0 Å². The molecule has 0 amide bonds. The lowest BCUT2D eigenvalue weighted by molar-refractivity contribution is 0.271. The highest BCUT2D eigenvalue weighted by molar-refractivity contribution is 6.23. The Kier molecular flexibility index (Phi) is 22.1. The van der Waals surface area contributed by atoms with Gasteiger partial charge < -0.3 is 47.9 Å². The Morgan fingerprint density at radius 3 is 1.08 bits per heavy atom. The maximum absolute atomic E-state index is 7.13. The zero-order valence-electron chi connectivity index (χ0n) is 57.3. The van der Waals surface area contributed by atoms with E-state index in [2.05, 4.69) is 114 Å². The van der Waals surface area contributed by atoms with Crippen LogP contribution in [0.5, 0.6) is 34.5 Å². The highest BCUT2D eigenvalue weighted by Gasteiger charge is 2.34. The summed E-state index contributed by atoms with van der Waals surface area (Å²) < 4.78 is 56.1. The van der Waals surface area contributed by atoms with Gasteiger partial charge in [-0.3, -0.25) is 0 Å². The largest absolute Gasteiger partial charge is 0.501 e. The average Bonchev–Trinajstić information content (AvgIpc) is 1.55. The first-order chi connectivity index (χ1) is 47.4. The normalized spacial score (nSPS) is 12.6. The van der Waals surface area contributed by atoms with Gasteiger partial charge in [0, 0.05) is 42.8 Å². The summed E-state index contributed by atoms with van der Waals surface area (Å²) in [5.41, 5.74) is 3.66. The Morgan fingerprint density at radius 1 is 0.344 bits per heavy atom. The summed E-state index contributed by atoms with van der Waals surface area (Å²) in [7, 11) is 0. The van der Waals surface area contributed by atoms with Crippen LogP contribution in [0, 0.1) is 0 Å². The minimum atomic E-state index is 0.338. The molecule has 16 heteroatoms. The van der Waals surface area contributed by atoms with Crippen LogP contribution in [0.1, 0.15) is 170 Å². The van der Waals surface area contributed by atoms with Gasteiger partial charge in [0.15, 0.2) is 23.3 Å². The summed E-state index contributed by atoms with van der Waals surface area (Å²) in [5, 5.41) is 9.59. The molecule has 12 rings (SSSR count). The first-order valence-corrected chi connectivity index (χ1v) is 35.5. The molecule has 0 saturated carbocycles. The maximum atomic E-state index is 7.13. The monoisotopic (exact) mass is 1290 g/mol. The second-order valence-corrected chi connectivity index (χ2v) is 24.7. The molecule has 0 aliphatic carbocycles. The van der Waals surface area contributed by atoms with E-state index in [1.54, 1.807) is 0 Å². The second kappa shape index (κ2) is 31.9. The van der Waals surface area contributed by atoms with Crippen molar-refractivity contribution in [2.24, 2.45) is 0 Å². The predicted molar refractivity (Wildman–Crippen MR) is 390 cm³/mol. The molecular weight excluding hydrogens is 1200 g/mol. The number of nitrogens with zero attached hydrogens (tertiary/aromatic N) is 6. The third-order valence-electron chi connectivity index (χ3n) is 17.5. The number of hydrogen-bond acceptors (Lipinski definition) is 14. The molecule has 7 aromatic carbocycles. The van der Waals surface area contributed by atoms with Crippen molar-refractivity contribution in [3.05, 3.63) is 119 Å². The van der Waals surface area contributed by atoms with Gasteiger partial charge in [0.05, 0.1) is 97.4 Å². The number of aromatic amines is 2. The van der Waals surface area contributed by atoms with Crippen LogP contribution in [0.15, 0.2) is 97.1 Å². The molecule has 0 radical (unpaired) electrons. The van der Waals surface area contributed by atoms with Crippen molar-refractivity contribution in [3.8, 4) is 57.3 Å². The summed E-state index contributed by atoms with van der Waals surface area (Å²) >= 11 is 0. The molecule has 8 bridgehead atoms. The molecule has 3 aromatic heterocycles. The Balaban J connectivity index is 1.35. The van der Waals surface area contributed by atoms with E-state index >= 15 is 0 Å². The van der Waals surface area contributed by atoms with Crippen molar-refractivity contribution >= 4 is 100 Å². The van der Waals surface area contributed by atoms with Crippen LogP contribution in [-0.2, 0) is 9.47 Å². The first kappa shape index (κ1) is 66.6. The van der Waals surface area contributed by atoms with Crippen molar-refractivity contribution in [1.29, 1.82) is 0 Å². The number of nitrogens with one attached hydrogen (secondary N) is 2. The van der Waals surface area contributed by atoms with Gasteiger partial charge in [-0.1, -0.05) is 204 Å². The summed E-state index contributed by atoms with van der Waals surface area (Å²) in [6, 6.07) is 33.0. The highest BCUT2D eigenvalue weighted by Crippen LogP contribution is 2.54. The van der Waals surface area contributed by atoms with Crippen LogP contribution in [-0.4, -0.2) is 92.7 Å². The van der Waals surface area contributed by atoms with Crippen molar-refractivity contribution < 1.29 is 37.9 Å². The fourth-order valence-electron chi connectivity index (χ4n) is 12.4. The molecule has 0 fully saturated rings. The van der Waals surface area contributed by atoms with Gasteiger partial charge in [-0.15, -0.1) is 0 Å². The van der Waals surface area contributed by atoms with E-state index in [-0.39, 0.29) is 0 Å². The van der Waals surface area contributed by atoms with E-state index in [1.807, 2.05) is 60.9 Å². The first-order valence-electron chi connectivity index (χ1n) is 35.5. The number of benzene rings is 7. The van der Waals surface area contributed by atoms with Crippen molar-refractivity contribution in [2.45, 2.75) is 158 Å². The quantitative estimate of drug-likeness (QED) is 0.0371. The van der Waals surface area contributed by atoms with Crippen molar-refractivity contribution in [3.63, 3.8) is 0 Å². The zero-order chi connectivity index (χ0) is 66.3. The fraction of sp³-hybridized carbons (Fsp3) is 0.400. The zero-order valence-corrected chi connectivity index (χ0v) is 57.3. The minimum Gasteiger partial charge on any atom is -0.501 e. The lowest BCUT2D eigenvalue weighted by atomic mass is 9.98. The van der Waals surface area contributed by atoms with E-state index in [1.165, 1.54) is 0 Å². The summed E-state index contributed by atoms with van der Waals surface area (Å²) in [6.07, 6.45) is 17.9. The molecule has 2 N–H and O–H groups in total. The van der Waals surface area contributed by atoms with Crippen LogP contribution >= 0.6 is 0 Å². The van der Waals surface area contributed by atoms with Gasteiger partial charge in [-0.2, -0.15) is 0 Å². The third-order valence-corrected chi connectivity index (χ3v) is 17.5. The SMILES string of the molecule is CCCCO/C=c1\cccc\c1=C(/OCCCC)C1=Cc2nc1nc1[nH]c(nc3nc(nc4[nH]c(n2)c2c(OCCCC)c5ccccc5c(OCCCC)c42)-c2c-3c(OCCCC)c3ccccc3c2OCCCC)c2c(OCCCC)c3ccccc3c(OCCCC)c12. The van der Waals surface area contributed by atoms with Gasteiger partial charge in [-0.25, -0.2) is 29.9 Å². The Hall–Kier alpha value is -9.44. The molecule has 2 aliphatic heterocycles. The van der Waals surface area contributed by atoms with Crippen LogP contribution in [0.25, 0.3) is 123 Å². The minimum absolute atomic E-state index is 0.338. The standard InChI is InChI=1S/C80H92N8O8/c1-9-17-41-89-50-51-33-25-26-34-52(51)67(90-42-18-10-2)59-49-60-81-74(59)83-76-63-64(71(94-46-22-14-6)56-38-30-29-37-55(56)70(63)93-45-21-13-5)78(85-76)87-80-66-65(72(95-47-23-15-7)57-39-31-32-40-58(57)73(66)96-48-24-16-8)79(88-80)86-77-62-61(75(82-60)84-77)68(91-43-19-11-3)53-35-27-28-36-54(53)69(62)92-44-20-12-4/h25-40,49-50H,9-24,41-48H2,1-8H3,(H2,81,82,83,84,85,86,87,88)/b51-50+,67-52+. The van der Waals surface area contributed by atoms with Crippen LogP contribution in [0.4, 0.5) is 0 Å². The molecule has 16 nitrogen and oxygen atoms in total. The third kappa shape index (κ3) is 13.7. The highest BCUT2D eigenvalue weighted by atomic mass is 16.5. The Bertz CT molecular complexity index is 4770. The van der Waals surface area contributed by atoms with Crippen molar-refractivity contribution in [2.75, 3.05) is 52.9 Å². The lowest BCUT2D eigenvalue weighted by Gasteiger charge is -2.19. The number of hydrogen-bond donors (Lipinski definition) is 2. The lowest BCUT2D eigenvalue weighted by Crippen LogP contribution is -2.28. The van der Waals surface area contributed by atoms with Crippen LogP contribution in [0.3, 0.4) is 0 Å². The molecule has 96 heavy (non-hydrogen) atoms. The number of fused-ring (bicyclic) bond motifs is 20. The number of aromatic nitrogens is 8. The Labute approximate surface area is 562 Å². The fourth-order valence-corrected chi connectivity index (χ4v) is 12.4. The summed E-state index contributed by atoms with van der Waals surface area (Å²) in [5.74, 6) is 5.79. The van der Waals surface area contributed by atoms with Gasteiger partial charge >= 0.3 is 0 Å². The molecule has 0 atom stereocenters. The Morgan fingerprint density at radius 2 is 0.677 bits per heavy atom. The number of ether oxygens (including phenoxy) is 8. The molecule has 5 heterocycles. The van der Waals surface area contributed by atoms with Crippen molar-refractivity contribution in [1.82, 2.24) is 39.9 Å². The molecular formula is C80H92N8O8. The summed E-state index contributed by atoms with van der Waals surface area (Å²) in [4.78, 5) is 41.9. The molecule has 0 spiro atoms. The second-order valence-electron chi connectivity index (χ2n) is 24.7. The van der Waals surface area contributed by atoms with Gasteiger partial charge in [-0.05, 0) is 57.4 Å². The van der Waals surface area contributed by atoms with Gasteiger partial charge in [0.1, 0.15) is 62.8 Å². The number of unbranched alkanes of at least 4 members (excludes halogenated alkanes) is 8. The van der Waals surface area contributed by atoms with E-state index in [4.69, 9.17) is 67.8 Å². The smallest absolute Gasteiger partial charge is 0.168 e. The molecule has 0 unspecified atom stereocenters. The van der Waals surface area contributed by atoms with E-state index < -0.39 is 0 Å². The number of H-pyrrole nitrogens is 2. The van der Waals surface area contributed by atoms with Crippen LogP contribution < -0.4 is 38.9 Å². The molecule has 10 aromatic rings. The molecule has 500 valence electrons. The average molecular weight is 1290 g/mol. The predicted octanol–water partition coefficient (Wildman–Crippen LogP) is 18.8. The van der Waals surface area contributed by atoms with E-state index in [9.17, 15) is 0 Å². The summed E-state index contributed by atoms with van der Waals surface area (Å²) in [6.45, 7) is 21.1. The van der Waals surface area contributed by atoms with E-state index in [0.29, 0.717) is 177 Å². The maximum Gasteiger partial charge on any atom is 0.168 e.